The molecule has 1 aliphatic rings. The quantitative estimate of drug-likeness (QED) is 0.875. The van der Waals surface area contributed by atoms with Crippen LogP contribution in [0.4, 0.5) is 11.8 Å². The molecule has 0 saturated heterocycles. The van der Waals surface area contributed by atoms with Crippen LogP contribution in [0.5, 0.6) is 0 Å². The van der Waals surface area contributed by atoms with E-state index >= 15 is 0 Å². The van der Waals surface area contributed by atoms with Crippen LogP contribution in [0.3, 0.4) is 0 Å². The lowest BCUT2D eigenvalue weighted by Gasteiger charge is -2.04. The zero-order valence-electron chi connectivity index (χ0n) is 10.9. The Morgan fingerprint density at radius 3 is 3.11 bits per heavy atom. The molecular weight excluding hydrogens is 258 g/mol. The Hall–Kier alpha value is -1.69. The molecule has 0 unspecified atom stereocenters. The van der Waals surface area contributed by atoms with Gasteiger partial charge in [0.1, 0.15) is 5.82 Å². The van der Waals surface area contributed by atoms with Crippen molar-refractivity contribution in [2.24, 2.45) is 0 Å². The second kappa shape index (κ2) is 5.52. The minimum Gasteiger partial charge on any atom is -0.373 e. The van der Waals surface area contributed by atoms with E-state index in [9.17, 15) is 0 Å². The third-order valence-corrected chi connectivity index (χ3v) is 4.39. The average Bonchev–Trinajstić information content (AvgIpc) is 3.00. The van der Waals surface area contributed by atoms with Crippen molar-refractivity contribution in [2.45, 2.75) is 25.7 Å². The van der Waals surface area contributed by atoms with E-state index in [1.807, 2.05) is 24.5 Å². The van der Waals surface area contributed by atoms with E-state index in [1.54, 1.807) is 6.20 Å². The predicted octanol–water partition coefficient (Wildman–Crippen LogP) is 2.12. The lowest BCUT2D eigenvalue weighted by atomic mass is 10.3. The number of aryl methyl sites for hydroxylation is 2. The van der Waals surface area contributed by atoms with E-state index in [1.165, 1.54) is 28.4 Å². The summed E-state index contributed by atoms with van der Waals surface area (Å²) in [5.41, 5.74) is 1.33. The van der Waals surface area contributed by atoms with Gasteiger partial charge in [-0.05, 0) is 25.3 Å². The molecule has 0 fully saturated rings. The van der Waals surface area contributed by atoms with Crippen LogP contribution in [-0.2, 0) is 19.3 Å². The molecule has 2 aromatic rings. The largest absolute Gasteiger partial charge is 0.373 e. The number of fused-ring (bicyclic) bond motifs is 1. The van der Waals surface area contributed by atoms with Crippen LogP contribution in [0.2, 0.25) is 0 Å². The van der Waals surface area contributed by atoms with E-state index < -0.39 is 0 Å². The van der Waals surface area contributed by atoms with Gasteiger partial charge in [-0.25, -0.2) is 9.97 Å². The summed E-state index contributed by atoms with van der Waals surface area (Å²) in [5, 5.41) is 7.46. The molecule has 5 nitrogen and oxygen atoms in total. The predicted molar refractivity (Wildman–Crippen MR) is 77.9 cm³/mol. The minimum atomic E-state index is 0.663. The van der Waals surface area contributed by atoms with Crippen LogP contribution in [-0.4, -0.2) is 28.5 Å². The van der Waals surface area contributed by atoms with Crippen LogP contribution < -0.4 is 10.6 Å². The number of hydrogen-bond acceptors (Lipinski definition) is 6. The maximum absolute atomic E-state index is 4.68. The molecule has 6 heteroatoms. The number of rotatable bonds is 5. The summed E-state index contributed by atoms with van der Waals surface area (Å²) in [6.45, 7) is 0.819. The van der Waals surface area contributed by atoms with Gasteiger partial charge in [0.25, 0.3) is 0 Å². The zero-order valence-corrected chi connectivity index (χ0v) is 11.8. The van der Waals surface area contributed by atoms with Crippen molar-refractivity contribution < 1.29 is 0 Å². The van der Waals surface area contributed by atoms with E-state index in [0.29, 0.717) is 5.95 Å². The van der Waals surface area contributed by atoms with Crippen LogP contribution in [0.1, 0.15) is 22.0 Å². The highest BCUT2D eigenvalue weighted by atomic mass is 32.1. The van der Waals surface area contributed by atoms with Crippen molar-refractivity contribution in [3.05, 3.63) is 27.8 Å². The highest BCUT2D eigenvalue weighted by Crippen LogP contribution is 2.27. The van der Waals surface area contributed by atoms with Crippen molar-refractivity contribution >= 4 is 23.1 Å². The normalized spacial score (nSPS) is 13.3. The molecule has 2 aromatic heterocycles. The minimum absolute atomic E-state index is 0.663. The summed E-state index contributed by atoms with van der Waals surface area (Å²) in [4.78, 5) is 14.7. The van der Waals surface area contributed by atoms with Gasteiger partial charge in [-0.15, -0.1) is 11.3 Å². The first-order valence-electron chi connectivity index (χ1n) is 6.57. The molecule has 0 bridgehead atoms. The van der Waals surface area contributed by atoms with Crippen LogP contribution in [0.25, 0.3) is 0 Å². The summed E-state index contributed by atoms with van der Waals surface area (Å²) in [6, 6.07) is 1.84. The van der Waals surface area contributed by atoms with Crippen LogP contribution in [0, 0.1) is 0 Å². The van der Waals surface area contributed by atoms with E-state index in [-0.39, 0.29) is 0 Å². The van der Waals surface area contributed by atoms with Gasteiger partial charge in [-0.3, -0.25) is 0 Å². The molecule has 19 heavy (non-hydrogen) atoms. The Morgan fingerprint density at radius 1 is 1.32 bits per heavy atom. The number of nitrogens with zero attached hydrogens (tertiary/aromatic N) is 3. The summed E-state index contributed by atoms with van der Waals surface area (Å²) in [6.07, 6.45) is 6.33. The fourth-order valence-corrected chi connectivity index (χ4v) is 3.37. The molecule has 2 N–H and O–H groups in total. The molecule has 0 amide bonds. The number of thiazole rings is 1. The van der Waals surface area contributed by atoms with Gasteiger partial charge in [0.2, 0.25) is 5.95 Å². The lowest BCUT2D eigenvalue weighted by Crippen LogP contribution is -2.08. The summed E-state index contributed by atoms with van der Waals surface area (Å²) in [5.74, 6) is 1.49. The third-order valence-electron chi connectivity index (χ3n) is 3.17. The molecule has 3 rings (SSSR count). The van der Waals surface area contributed by atoms with Crippen molar-refractivity contribution in [3.8, 4) is 0 Å². The van der Waals surface area contributed by atoms with E-state index in [4.69, 9.17) is 0 Å². The summed E-state index contributed by atoms with van der Waals surface area (Å²) < 4.78 is 0. The van der Waals surface area contributed by atoms with Gasteiger partial charge in [0.15, 0.2) is 0 Å². The number of aromatic nitrogens is 3. The lowest BCUT2D eigenvalue weighted by molar-refractivity contribution is 0.884. The Labute approximate surface area is 116 Å². The van der Waals surface area contributed by atoms with Gasteiger partial charge >= 0.3 is 0 Å². The molecule has 0 spiro atoms. The number of hydrogen-bond donors (Lipinski definition) is 2. The Balaban J connectivity index is 1.54. The zero-order chi connectivity index (χ0) is 13.1. The molecule has 0 aliphatic heterocycles. The van der Waals surface area contributed by atoms with E-state index in [2.05, 4.69) is 25.6 Å². The molecule has 0 radical (unpaired) electrons. The van der Waals surface area contributed by atoms with Gasteiger partial charge < -0.3 is 10.6 Å². The molecule has 2 heterocycles. The highest BCUT2D eigenvalue weighted by molar-refractivity contribution is 7.11. The smallest absolute Gasteiger partial charge is 0.224 e. The highest BCUT2D eigenvalue weighted by Gasteiger charge is 2.16. The topological polar surface area (TPSA) is 62.7 Å². The third kappa shape index (κ3) is 2.84. The Morgan fingerprint density at radius 2 is 2.26 bits per heavy atom. The second-order valence-corrected chi connectivity index (χ2v) is 5.69. The Kier molecular flexibility index (Phi) is 3.59. The van der Waals surface area contributed by atoms with Gasteiger partial charge in [0.05, 0.1) is 10.7 Å². The molecule has 0 aromatic carbocycles. The van der Waals surface area contributed by atoms with Crippen molar-refractivity contribution in [1.82, 2.24) is 15.0 Å². The average molecular weight is 275 g/mol. The maximum Gasteiger partial charge on any atom is 0.224 e. The molecule has 0 saturated carbocycles. The first-order chi connectivity index (χ1) is 9.35. The first kappa shape index (κ1) is 12.3. The molecule has 1 aliphatic carbocycles. The maximum atomic E-state index is 4.68. The number of nitrogens with one attached hydrogen (secondary N) is 2. The molecular formula is C13H17N5S. The van der Waals surface area contributed by atoms with Gasteiger partial charge in [-0.2, -0.15) is 4.98 Å². The number of anilines is 2. The Bertz CT molecular complexity index is 544. The molecule has 0 atom stereocenters. The molecule has 100 valence electrons. The van der Waals surface area contributed by atoms with Crippen molar-refractivity contribution in [1.29, 1.82) is 0 Å². The van der Waals surface area contributed by atoms with Crippen LogP contribution in [0.15, 0.2) is 12.3 Å². The summed E-state index contributed by atoms with van der Waals surface area (Å²) >= 11 is 1.86. The summed E-state index contributed by atoms with van der Waals surface area (Å²) in [7, 11) is 1.85. The van der Waals surface area contributed by atoms with Crippen LogP contribution >= 0.6 is 11.3 Å². The fourth-order valence-electron chi connectivity index (χ4n) is 2.22. The first-order valence-corrected chi connectivity index (χ1v) is 7.39. The van der Waals surface area contributed by atoms with E-state index in [0.717, 1.165) is 25.2 Å². The van der Waals surface area contributed by atoms with Gasteiger partial charge in [0, 0.05) is 31.1 Å². The SMILES string of the molecule is CNc1ccnc(NCCc2nc3c(s2)CCC3)n1. The monoisotopic (exact) mass is 275 g/mol. The van der Waals surface area contributed by atoms with Crippen molar-refractivity contribution in [2.75, 3.05) is 24.2 Å². The fraction of sp³-hybridized carbons (Fsp3) is 0.462. The van der Waals surface area contributed by atoms with Gasteiger partial charge in [-0.1, -0.05) is 0 Å². The van der Waals surface area contributed by atoms with Crippen molar-refractivity contribution in [3.63, 3.8) is 0 Å². The standard InChI is InChI=1S/C13H17N5S/c1-14-11-5-7-15-13(18-11)16-8-6-12-17-9-3-2-4-10(9)19-12/h5,7H,2-4,6,8H2,1H3,(H2,14,15,16,18). The second-order valence-electron chi connectivity index (χ2n) is 4.52.